The zero-order valence-electron chi connectivity index (χ0n) is 48.5. The second-order valence-corrected chi connectivity index (χ2v) is 22.4. The number of hydrogen-bond acceptors (Lipinski definition) is 6. The molecule has 6 nitrogen and oxygen atoms in total. The highest BCUT2D eigenvalue weighted by molar-refractivity contribution is 5.71. The zero-order valence-corrected chi connectivity index (χ0v) is 48.5. The Morgan fingerprint density at radius 3 is 0.563 bits per heavy atom. The summed E-state index contributed by atoms with van der Waals surface area (Å²) in [5.41, 5.74) is 0. The number of carbonyl (C=O) groups excluding carboxylic acids is 3. The van der Waals surface area contributed by atoms with Crippen molar-refractivity contribution in [2.45, 2.75) is 386 Å². The van der Waals surface area contributed by atoms with E-state index in [1.807, 2.05) is 0 Å². The average molecular weight is 1000 g/mol. The van der Waals surface area contributed by atoms with Gasteiger partial charge < -0.3 is 14.2 Å². The third kappa shape index (κ3) is 59.2. The van der Waals surface area contributed by atoms with Crippen molar-refractivity contribution < 1.29 is 28.6 Å². The molecular weight excluding hydrogens is 877 g/mol. The monoisotopic (exact) mass is 1000 g/mol. The second kappa shape index (κ2) is 61.0. The van der Waals surface area contributed by atoms with E-state index >= 15 is 0 Å². The molecule has 0 N–H and O–H groups in total. The van der Waals surface area contributed by atoms with Crippen molar-refractivity contribution in [2.24, 2.45) is 0 Å². The molecule has 0 aliphatic carbocycles. The van der Waals surface area contributed by atoms with Crippen LogP contribution in [0.5, 0.6) is 0 Å². The summed E-state index contributed by atoms with van der Waals surface area (Å²) < 4.78 is 16.9. The van der Waals surface area contributed by atoms with Crippen LogP contribution in [-0.2, 0) is 28.6 Å². The van der Waals surface area contributed by atoms with E-state index in [9.17, 15) is 14.4 Å². The molecular formula is C65H126O6. The lowest BCUT2D eigenvalue weighted by molar-refractivity contribution is -0.167. The van der Waals surface area contributed by atoms with E-state index < -0.39 is 6.10 Å². The molecule has 0 saturated carbocycles. The highest BCUT2D eigenvalue weighted by Crippen LogP contribution is 2.19. The molecule has 6 heteroatoms. The summed E-state index contributed by atoms with van der Waals surface area (Å²) in [7, 11) is 0. The van der Waals surface area contributed by atoms with Crippen molar-refractivity contribution in [2.75, 3.05) is 13.2 Å². The Morgan fingerprint density at radius 1 is 0.225 bits per heavy atom. The van der Waals surface area contributed by atoms with Gasteiger partial charge in [0.05, 0.1) is 0 Å². The van der Waals surface area contributed by atoms with Gasteiger partial charge in [-0.25, -0.2) is 0 Å². The first-order chi connectivity index (χ1) is 35.0. The van der Waals surface area contributed by atoms with Crippen molar-refractivity contribution in [3.63, 3.8) is 0 Å². The largest absolute Gasteiger partial charge is 0.462 e. The molecule has 0 aromatic rings. The first-order valence-corrected chi connectivity index (χ1v) is 32.5. The first-order valence-electron chi connectivity index (χ1n) is 32.5. The fraction of sp³-hybridized carbons (Fsp3) is 0.954. The van der Waals surface area contributed by atoms with Crippen LogP contribution < -0.4 is 0 Å². The maximum Gasteiger partial charge on any atom is 0.306 e. The summed E-state index contributed by atoms with van der Waals surface area (Å²) >= 11 is 0. The molecule has 0 rings (SSSR count). The molecule has 0 radical (unpaired) electrons. The van der Waals surface area contributed by atoms with Gasteiger partial charge in [-0.1, -0.05) is 342 Å². The molecule has 0 spiro atoms. The quantitative estimate of drug-likeness (QED) is 0.0343. The molecule has 0 saturated heterocycles. The Kier molecular flexibility index (Phi) is 59.6. The number of esters is 3. The number of carbonyl (C=O) groups is 3. The van der Waals surface area contributed by atoms with Gasteiger partial charge in [0.1, 0.15) is 13.2 Å². The minimum atomic E-state index is -0.761. The molecule has 0 aromatic carbocycles. The molecule has 1 unspecified atom stereocenters. The van der Waals surface area contributed by atoms with E-state index in [-0.39, 0.29) is 31.1 Å². The van der Waals surface area contributed by atoms with Gasteiger partial charge in [-0.2, -0.15) is 0 Å². The van der Waals surface area contributed by atoms with Crippen LogP contribution in [0.15, 0.2) is 0 Å². The minimum absolute atomic E-state index is 0.0608. The number of hydrogen-bond donors (Lipinski definition) is 0. The van der Waals surface area contributed by atoms with Gasteiger partial charge in [-0.05, 0) is 19.3 Å². The fourth-order valence-electron chi connectivity index (χ4n) is 10.2. The summed E-state index contributed by atoms with van der Waals surface area (Å²) in [5, 5.41) is 0. The van der Waals surface area contributed by atoms with Gasteiger partial charge in [-0.3, -0.25) is 14.4 Å². The van der Waals surface area contributed by atoms with Crippen LogP contribution in [0.1, 0.15) is 380 Å². The predicted octanol–water partition coefficient (Wildman–Crippen LogP) is 21.9. The van der Waals surface area contributed by atoms with E-state index in [1.165, 1.54) is 283 Å². The van der Waals surface area contributed by atoms with Crippen molar-refractivity contribution in [3.8, 4) is 0 Å². The van der Waals surface area contributed by atoms with Crippen LogP contribution in [0.4, 0.5) is 0 Å². The average Bonchev–Trinajstić information content (AvgIpc) is 3.37. The Morgan fingerprint density at radius 2 is 0.380 bits per heavy atom. The number of ether oxygens (including phenoxy) is 3. The number of rotatable bonds is 61. The van der Waals surface area contributed by atoms with Crippen LogP contribution >= 0.6 is 0 Å². The first kappa shape index (κ1) is 69.4. The molecule has 422 valence electrons. The van der Waals surface area contributed by atoms with Crippen molar-refractivity contribution in [3.05, 3.63) is 0 Å². The third-order valence-corrected chi connectivity index (χ3v) is 15.1. The minimum Gasteiger partial charge on any atom is -0.462 e. The van der Waals surface area contributed by atoms with Gasteiger partial charge in [0, 0.05) is 19.3 Å². The van der Waals surface area contributed by atoms with Crippen LogP contribution in [0.3, 0.4) is 0 Å². The summed E-state index contributed by atoms with van der Waals surface area (Å²) in [4.78, 5) is 38.2. The standard InChI is InChI=1S/C65H126O6/c1-4-7-10-13-16-19-22-25-26-27-28-29-30-31-32-33-34-35-36-37-38-41-43-46-49-52-55-58-64(67)70-61-62(71-65(68)59-56-53-50-47-44-40-24-21-18-15-12-9-6-3)60-69-63(66)57-54-51-48-45-42-39-23-20-17-14-11-8-5-2/h62H,4-61H2,1-3H3. The molecule has 0 amide bonds. The van der Waals surface area contributed by atoms with Crippen LogP contribution in [0.25, 0.3) is 0 Å². The second-order valence-electron chi connectivity index (χ2n) is 22.4. The molecule has 0 aliphatic heterocycles. The predicted molar refractivity (Wildman–Crippen MR) is 307 cm³/mol. The summed E-state index contributed by atoms with van der Waals surface area (Å²) in [6.45, 7) is 6.72. The number of unbranched alkanes of at least 4 members (excludes halogenated alkanes) is 50. The van der Waals surface area contributed by atoms with E-state index in [0.717, 1.165) is 57.8 Å². The van der Waals surface area contributed by atoms with Gasteiger partial charge in [0.2, 0.25) is 0 Å². The van der Waals surface area contributed by atoms with Crippen LogP contribution in [-0.4, -0.2) is 37.2 Å². The van der Waals surface area contributed by atoms with Gasteiger partial charge in [-0.15, -0.1) is 0 Å². The highest BCUT2D eigenvalue weighted by atomic mass is 16.6. The maximum absolute atomic E-state index is 12.9. The lowest BCUT2D eigenvalue weighted by atomic mass is 10.0. The maximum atomic E-state index is 12.9. The molecule has 0 heterocycles. The Hall–Kier alpha value is -1.59. The topological polar surface area (TPSA) is 78.9 Å². The van der Waals surface area contributed by atoms with E-state index in [2.05, 4.69) is 20.8 Å². The van der Waals surface area contributed by atoms with E-state index in [1.54, 1.807) is 0 Å². The van der Waals surface area contributed by atoms with E-state index in [0.29, 0.717) is 19.3 Å². The zero-order chi connectivity index (χ0) is 51.4. The van der Waals surface area contributed by atoms with Crippen molar-refractivity contribution >= 4 is 17.9 Å². The summed E-state index contributed by atoms with van der Waals surface area (Å²) in [6, 6.07) is 0. The molecule has 0 aromatic heterocycles. The Bertz CT molecular complexity index is 1060. The highest BCUT2D eigenvalue weighted by Gasteiger charge is 2.19. The summed E-state index contributed by atoms with van der Waals surface area (Å²) in [6.07, 6.45) is 69.8. The van der Waals surface area contributed by atoms with Crippen LogP contribution in [0, 0.1) is 0 Å². The van der Waals surface area contributed by atoms with E-state index in [4.69, 9.17) is 14.2 Å². The lowest BCUT2D eigenvalue weighted by Gasteiger charge is -2.18. The van der Waals surface area contributed by atoms with Gasteiger partial charge in [0.25, 0.3) is 0 Å². The van der Waals surface area contributed by atoms with Crippen molar-refractivity contribution in [1.29, 1.82) is 0 Å². The van der Waals surface area contributed by atoms with Gasteiger partial charge >= 0.3 is 17.9 Å². The molecule has 0 fully saturated rings. The molecule has 0 bridgehead atoms. The van der Waals surface area contributed by atoms with Crippen LogP contribution in [0.2, 0.25) is 0 Å². The smallest absolute Gasteiger partial charge is 0.306 e. The molecule has 71 heavy (non-hydrogen) atoms. The summed E-state index contributed by atoms with van der Waals surface area (Å²) in [5.74, 6) is -0.828. The SMILES string of the molecule is CCCCCCCCCCCCCCCCCCCCCCCCCCCCCC(=O)OCC(COC(=O)CCCCCCCCCCCCCCC)OC(=O)CCCCCCCCCCCCCCC. The molecule has 1 atom stereocenters. The fourth-order valence-corrected chi connectivity index (χ4v) is 10.2. The lowest BCUT2D eigenvalue weighted by Crippen LogP contribution is -2.30. The normalized spacial score (nSPS) is 11.9. The Labute approximate surface area is 444 Å². The third-order valence-electron chi connectivity index (χ3n) is 15.1. The Balaban J connectivity index is 4.11. The molecule has 0 aliphatic rings. The van der Waals surface area contributed by atoms with Gasteiger partial charge in [0.15, 0.2) is 6.10 Å². The van der Waals surface area contributed by atoms with Crippen molar-refractivity contribution in [1.82, 2.24) is 0 Å².